The molecule has 1 aliphatic heterocycles. The highest BCUT2D eigenvalue weighted by molar-refractivity contribution is 9.10. The average molecular weight is 394 g/mol. The molecule has 2 rings (SSSR count). The van der Waals surface area contributed by atoms with Crippen LogP contribution in [0.3, 0.4) is 0 Å². The lowest BCUT2D eigenvalue weighted by molar-refractivity contribution is -0.145. The quantitative estimate of drug-likeness (QED) is 0.804. The zero-order valence-electron chi connectivity index (χ0n) is 11.9. The van der Waals surface area contributed by atoms with E-state index < -0.39 is 22.0 Å². The average Bonchev–Trinajstić information content (AvgIpc) is 2.49. The molecule has 7 nitrogen and oxygen atoms in total. The Balaban J connectivity index is 2.22. The maximum atomic E-state index is 12.4. The number of halogens is 1. The maximum absolute atomic E-state index is 12.4. The molecule has 1 amide bonds. The van der Waals surface area contributed by atoms with Crippen molar-refractivity contribution in [2.75, 3.05) is 26.4 Å². The van der Waals surface area contributed by atoms with Crippen LogP contribution in [0.25, 0.3) is 0 Å². The van der Waals surface area contributed by atoms with Gasteiger partial charge in [-0.05, 0) is 25.1 Å². The molecule has 1 saturated heterocycles. The van der Waals surface area contributed by atoms with Crippen LogP contribution in [0.4, 0.5) is 0 Å². The summed E-state index contributed by atoms with van der Waals surface area (Å²) in [5.74, 6) is -0.589. The minimum absolute atomic E-state index is 0.0259. The zero-order chi connectivity index (χ0) is 16.2. The number of ether oxygens (including phenoxy) is 3. The number of carbonyl (C=O) groups excluding carboxylic acids is 1. The van der Waals surface area contributed by atoms with Crippen LogP contribution in [0, 0.1) is 0 Å². The molecule has 1 aliphatic rings. The van der Waals surface area contributed by atoms with Gasteiger partial charge in [-0.3, -0.25) is 4.79 Å². The molecular formula is C13H16BrNO6S. The van der Waals surface area contributed by atoms with E-state index in [0.717, 1.165) is 0 Å². The van der Waals surface area contributed by atoms with Crippen LogP contribution in [-0.4, -0.2) is 46.9 Å². The van der Waals surface area contributed by atoms with Crippen molar-refractivity contribution < 1.29 is 27.4 Å². The first-order chi connectivity index (χ1) is 10.4. The van der Waals surface area contributed by atoms with Crippen LogP contribution < -0.4 is 9.46 Å². The van der Waals surface area contributed by atoms with Gasteiger partial charge in [0.25, 0.3) is 15.9 Å². The van der Waals surface area contributed by atoms with Crippen molar-refractivity contribution >= 4 is 31.9 Å². The first kappa shape index (κ1) is 17.2. The lowest BCUT2D eigenvalue weighted by Crippen LogP contribution is -2.45. The monoisotopic (exact) mass is 393 g/mol. The fourth-order valence-corrected chi connectivity index (χ4v) is 3.55. The van der Waals surface area contributed by atoms with Gasteiger partial charge in [0.15, 0.2) is 6.10 Å². The van der Waals surface area contributed by atoms with Crippen molar-refractivity contribution in [2.45, 2.75) is 17.9 Å². The van der Waals surface area contributed by atoms with Crippen molar-refractivity contribution in [3.05, 3.63) is 22.7 Å². The number of benzene rings is 1. The molecule has 1 aromatic rings. The topological polar surface area (TPSA) is 90.9 Å². The smallest absolute Gasteiger partial charge is 0.267 e. The SMILES string of the molecule is CCOc1ccc(Br)cc1S(=O)(=O)NC(=O)[C@@H]1COCCO1. The van der Waals surface area contributed by atoms with Crippen molar-refractivity contribution in [1.29, 1.82) is 0 Å². The fourth-order valence-electron chi connectivity index (χ4n) is 1.86. The Hall–Kier alpha value is -1.16. The summed E-state index contributed by atoms with van der Waals surface area (Å²) < 4.78 is 42.9. The molecule has 1 atom stereocenters. The molecule has 1 fully saturated rings. The van der Waals surface area contributed by atoms with Crippen LogP contribution in [0.5, 0.6) is 5.75 Å². The van der Waals surface area contributed by atoms with Crippen LogP contribution in [-0.2, 0) is 24.3 Å². The molecule has 0 aromatic heterocycles. The number of hydrogen-bond donors (Lipinski definition) is 1. The molecule has 22 heavy (non-hydrogen) atoms. The van der Waals surface area contributed by atoms with Crippen molar-refractivity contribution in [2.24, 2.45) is 0 Å². The number of hydrogen-bond acceptors (Lipinski definition) is 6. The summed E-state index contributed by atoms with van der Waals surface area (Å²) in [4.78, 5) is 11.9. The van der Waals surface area contributed by atoms with E-state index in [-0.39, 0.29) is 23.9 Å². The zero-order valence-corrected chi connectivity index (χ0v) is 14.3. The van der Waals surface area contributed by atoms with Crippen molar-refractivity contribution in [3.63, 3.8) is 0 Å². The summed E-state index contributed by atoms with van der Waals surface area (Å²) in [6.07, 6.45) is -0.939. The van der Waals surface area contributed by atoms with E-state index in [1.165, 1.54) is 12.1 Å². The highest BCUT2D eigenvalue weighted by atomic mass is 79.9. The second-order valence-electron chi connectivity index (χ2n) is 4.43. The number of carbonyl (C=O) groups is 1. The molecular weight excluding hydrogens is 378 g/mol. The molecule has 1 N–H and O–H groups in total. The van der Waals surface area contributed by atoms with E-state index >= 15 is 0 Å². The third-order valence-corrected chi connectivity index (χ3v) is 4.70. The van der Waals surface area contributed by atoms with E-state index in [9.17, 15) is 13.2 Å². The van der Waals surface area contributed by atoms with Gasteiger partial charge in [0.05, 0.1) is 26.4 Å². The van der Waals surface area contributed by atoms with Crippen LogP contribution in [0.15, 0.2) is 27.6 Å². The number of rotatable bonds is 5. The summed E-state index contributed by atoms with van der Waals surface area (Å²) >= 11 is 3.21. The Morgan fingerprint density at radius 3 is 2.86 bits per heavy atom. The van der Waals surface area contributed by atoms with Gasteiger partial charge < -0.3 is 14.2 Å². The predicted octanol–water partition coefficient (Wildman–Crippen LogP) is 1.07. The highest BCUT2D eigenvalue weighted by Gasteiger charge is 2.29. The third-order valence-electron chi connectivity index (χ3n) is 2.84. The molecule has 0 spiro atoms. The van der Waals surface area contributed by atoms with Gasteiger partial charge in [-0.15, -0.1) is 0 Å². The van der Waals surface area contributed by atoms with Crippen molar-refractivity contribution in [3.8, 4) is 5.75 Å². The Morgan fingerprint density at radius 2 is 2.23 bits per heavy atom. The molecule has 0 unspecified atom stereocenters. The van der Waals surface area contributed by atoms with Gasteiger partial charge in [0.2, 0.25) is 0 Å². The van der Waals surface area contributed by atoms with Gasteiger partial charge in [-0.1, -0.05) is 15.9 Å². The Morgan fingerprint density at radius 1 is 1.45 bits per heavy atom. The van der Waals surface area contributed by atoms with Crippen LogP contribution in [0.1, 0.15) is 6.92 Å². The first-order valence-electron chi connectivity index (χ1n) is 6.62. The van der Waals surface area contributed by atoms with Crippen molar-refractivity contribution in [1.82, 2.24) is 4.72 Å². The van der Waals surface area contributed by atoms with E-state index in [1.54, 1.807) is 13.0 Å². The van der Waals surface area contributed by atoms with E-state index in [2.05, 4.69) is 15.9 Å². The molecule has 9 heteroatoms. The minimum Gasteiger partial charge on any atom is -0.492 e. The van der Waals surface area contributed by atoms with Gasteiger partial charge in [0, 0.05) is 4.47 Å². The molecule has 122 valence electrons. The van der Waals surface area contributed by atoms with Gasteiger partial charge in [-0.25, -0.2) is 13.1 Å². The number of sulfonamides is 1. The summed E-state index contributed by atoms with van der Waals surface area (Å²) in [6, 6.07) is 4.55. The Bertz CT molecular complexity index is 642. The number of nitrogens with one attached hydrogen (secondary N) is 1. The lowest BCUT2D eigenvalue weighted by atomic mass is 10.3. The molecule has 0 aliphatic carbocycles. The van der Waals surface area contributed by atoms with Gasteiger partial charge >= 0.3 is 0 Å². The third kappa shape index (κ3) is 4.19. The summed E-state index contributed by atoms with van der Waals surface area (Å²) in [7, 11) is -4.07. The highest BCUT2D eigenvalue weighted by Crippen LogP contribution is 2.27. The lowest BCUT2D eigenvalue weighted by Gasteiger charge is -2.22. The largest absolute Gasteiger partial charge is 0.492 e. The summed E-state index contributed by atoms with van der Waals surface area (Å²) in [5.41, 5.74) is 0. The Kier molecular flexibility index (Phi) is 5.79. The molecule has 1 aromatic carbocycles. The predicted molar refractivity (Wildman–Crippen MR) is 81.2 cm³/mol. The van der Waals surface area contributed by atoms with Gasteiger partial charge in [0.1, 0.15) is 10.6 Å². The fraction of sp³-hybridized carbons (Fsp3) is 0.462. The normalized spacial score (nSPS) is 18.7. The van der Waals surface area contributed by atoms with E-state index in [1.807, 2.05) is 4.72 Å². The summed E-state index contributed by atoms with van der Waals surface area (Å²) in [5, 5.41) is 0. The summed E-state index contributed by atoms with van der Waals surface area (Å²) in [6.45, 7) is 2.70. The molecule has 0 radical (unpaired) electrons. The van der Waals surface area contributed by atoms with Gasteiger partial charge in [-0.2, -0.15) is 0 Å². The second kappa shape index (κ2) is 7.40. The number of amides is 1. The molecule has 0 bridgehead atoms. The standard InChI is InChI=1S/C13H16BrNO6S/c1-2-20-10-4-3-9(14)7-12(10)22(17,18)15-13(16)11-8-19-5-6-21-11/h3-4,7,11H,2,5-6,8H2,1H3,(H,15,16)/t11-/m0/s1. The maximum Gasteiger partial charge on any atom is 0.267 e. The first-order valence-corrected chi connectivity index (χ1v) is 8.90. The van der Waals surface area contributed by atoms with E-state index in [4.69, 9.17) is 14.2 Å². The van der Waals surface area contributed by atoms with Crippen LogP contribution >= 0.6 is 15.9 Å². The van der Waals surface area contributed by atoms with Crippen LogP contribution in [0.2, 0.25) is 0 Å². The van der Waals surface area contributed by atoms with E-state index in [0.29, 0.717) is 17.7 Å². The molecule has 1 heterocycles. The minimum atomic E-state index is -4.07. The second-order valence-corrected chi connectivity index (χ2v) is 6.99. The molecule has 0 saturated carbocycles. The Labute approximate surface area is 137 Å².